The van der Waals surface area contributed by atoms with E-state index in [1.165, 1.54) is 51.4 Å². The predicted octanol–water partition coefficient (Wildman–Crippen LogP) is 8.94. The predicted molar refractivity (Wildman–Crippen MR) is 194 cm³/mol. The number of rotatable bonds is 17. The smallest absolute Gasteiger partial charge is 0.167 e. The fraction of sp³-hybridized carbons (Fsp3) is 0.632. The Kier molecular flexibility index (Phi) is 19.5. The van der Waals surface area contributed by atoms with E-state index in [4.69, 9.17) is 9.47 Å². The lowest BCUT2D eigenvalue weighted by atomic mass is 9.88. The van der Waals surface area contributed by atoms with Crippen LogP contribution in [0.1, 0.15) is 112 Å². The number of hydrogen-bond acceptors (Lipinski definition) is 6. The van der Waals surface area contributed by atoms with Crippen molar-refractivity contribution in [2.24, 2.45) is 11.8 Å². The van der Waals surface area contributed by atoms with Crippen LogP contribution in [-0.4, -0.2) is 73.8 Å². The van der Waals surface area contributed by atoms with Gasteiger partial charge >= 0.3 is 0 Å². The number of carbonyl (C=O) groups is 2. The van der Waals surface area contributed by atoms with E-state index in [9.17, 15) is 9.59 Å². The molecule has 0 aromatic heterocycles. The Hall–Kier alpha value is -2.12. The zero-order valence-corrected chi connectivity index (χ0v) is 29.9. The fourth-order valence-electron chi connectivity index (χ4n) is 6.89. The van der Waals surface area contributed by atoms with E-state index in [2.05, 4.69) is 9.80 Å². The fourth-order valence-corrected chi connectivity index (χ4v) is 6.89. The minimum atomic E-state index is -0.0306. The molecule has 8 heteroatoms. The zero-order valence-electron chi connectivity index (χ0n) is 28.3. The van der Waals surface area contributed by atoms with E-state index in [1.807, 2.05) is 62.4 Å². The maximum absolute atomic E-state index is 13.8. The van der Waals surface area contributed by atoms with Crippen LogP contribution in [0, 0.1) is 11.8 Å². The Labute approximate surface area is 290 Å². The summed E-state index contributed by atoms with van der Waals surface area (Å²) in [6, 6.07) is 15.4. The third-order valence-electron chi connectivity index (χ3n) is 9.35. The highest BCUT2D eigenvalue weighted by molar-refractivity contribution is 5.98. The van der Waals surface area contributed by atoms with Gasteiger partial charge in [0.05, 0.1) is 13.2 Å². The summed E-state index contributed by atoms with van der Waals surface area (Å²) >= 11 is 0. The number of hydrogen-bond donors (Lipinski definition) is 0. The van der Waals surface area contributed by atoms with Gasteiger partial charge in [-0.05, 0) is 127 Å². The average Bonchev–Trinajstić information content (AvgIpc) is 3.47. The molecule has 6 nitrogen and oxygen atoms in total. The topological polar surface area (TPSA) is 59.1 Å². The SMILES string of the molecule is CCOc1ccc(C(=O)C(CCCCC(CN2CCCCCC2)C(=O)c2ccc(OCC)cc2)CN2CCCCCC2)cc1.Cl.Cl. The summed E-state index contributed by atoms with van der Waals surface area (Å²) in [5.74, 6) is 2.03. The Morgan fingerprint density at radius 1 is 0.565 bits per heavy atom. The van der Waals surface area contributed by atoms with Crippen molar-refractivity contribution in [1.82, 2.24) is 9.80 Å². The molecule has 2 atom stereocenters. The molecule has 2 aromatic rings. The van der Waals surface area contributed by atoms with Crippen LogP contribution in [-0.2, 0) is 0 Å². The zero-order chi connectivity index (χ0) is 31.0. The molecule has 258 valence electrons. The molecule has 0 radical (unpaired) electrons. The Morgan fingerprint density at radius 3 is 1.20 bits per heavy atom. The summed E-state index contributed by atoms with van der Waals surface area (Å²) in [5, 5.41) is 0. The first-order chi connectivity index (χ1) is 21.6. The van der Waals surface area contributed by atoms with Crippen molar-refractivity contribution in [3.63, 3.8) is 0 Å². The molecule has 2 aliphatic heterocycles. The number of likely N-dealkylation sites (tertiary alicyclic amines) is 2. The molecule has 0 amide bonds. The second-order valence-corrected chi connectivity index (χ2v) is 12.8. The highest BCUT2D eigenvalue weighted by Gasteiger charge is 2.26. The second kappa shape index (κ2) is 22.4. The van der Waals surface area contributed by atoms with Gasteiger partial charge in [0.25, 0.3) is 0 Å². The molecular weight excluding hydrogens is 619 g/mol. The van der Waals surface area contributed by atoms with Gasteiger partial charge in [0.1, 0.15) is 11.5 Å². The standard InChI is InChI=1S/C38H56N2O4.2ClH/c1-3-43-35-21-17-31(18-22-35)37(41)33(29-39-25-11-5-6-12-26-39)15-9-10-16-34(30-40-27-13-7-8-14-28-40)38(42)32-19-23-36(24-20-32)44-4-2;;/h17-24,33-34H,3-16,25-30H2,1-2H3;2*1H. The van der Waals surface area contributed by atoms with E-state index >= 15 is 0 Å². The van der Waals surface area contributed by atoms with Gasteiger partial charge in [0.2, 0.25) is 0 Å². The van der Waals surface area contributed by atoms with Crippen LogP contribution in [0.5, 0.6) is 11.5 Å². The molecule has 2 aromatic carbocycles. The van der Waals surface area contributed by atoms with Crippen molar-refractivity contribution >= 4 is 36.4 Å². The van der Waals surface area contributed by atoms with Crippen LogP contribution in [0.15, 0.2) is 48.5 Å². The maximum atomic E-state index is 13.8. The van der Waals surface area contributed by atoms with Gasteiger partial charge in [0, 0.05) is 36.1 Å². The quantitative estimate of drug-likeness (QED) is 0.123. The molecule has 2 aliphatic rings. The van der Waals surface area contributed by atoms with Gasteiger partial charge in [-0.1, -0.05) is 38.5 Å². The molecule has 2 unspecified atom stereocenters. The summed E-state index contributed by atoms with van der Waals surface area (Å²) in [6.07, 6.45) is 13.6. The summed E-state index contributed by atoms with van der Waals surface area (Å²) in [5.41, 5.74) is 1.55. The van der Waals surface area contributed by atoms with E-state index < -0.39 is 0 Å². The largest absolute Gasteiger partial charge is 0.494 e. The second-order valence-electron chi connectivity index (χ2n) is 12.8. The van der Waals surface area contributed by atoms with E-state index in [0.29, 0.717) is 13.2 Å². The molecule has 0 spiro atoms. The number of ketones is 2. The molecule has 0 saturated carbocycles. The van der Waals surface area contributed by atoms with E-state index in [0.717, 1.165) is 87.6 Å². The molecule has 2 saturated heterocycles. The van der Waals surface area contributed by atoms with Crippen molar-refractivity contribution in [3.05, 3.63) is 59.7 Å². The van der Waals surface area contributed by atoms with Crippen LogP contribution in [0.4, 0.5) is 0 Å². The number of unbranched alkanes of at least 4 members (excludes halogenated alkanes) is 1. The van der Waals surface area contributed by atoms with Crippen molar-refractivity contribution < 1.29 is 19.1 Å². The molecule has 4 rings (SSSR count). The number of halogens is 2. The molecule has 2 fully saturated rings. The summed E-state index contributed by atoms with van der Waals surface area (Å²) in [7, 11) is 0. The van der Waals surface area contributed by atoms with Gasteiger partial charge in [-0.2, -0.15) is 0 Å². The van der Waals surface area contributed by atoms with Gasteiger partial charge in [0.15, 0.2) is 11.6 Å². The molecular formula is C38H58Cl2N2O4. The molecule has 0 bridgehead atoms. The molecule has 0 aliphatic carbocycles. The number of Topliss-reactive ketones (excluding diaryl/α,β-unsaturated/α-hetero) is 2. The average molecular weight is 678 g/mol. The number of carbonyl (C=O) groups excluding carboxylic acids is 2. The third-order valence-corrected chi connectivity index (χ3v) is 9.35. The van der Waals surface area contributed by atoms with Crippen LogP contribution >= 0.6 is 24.8 Å². The van der Waals surface area contributed by atoms with Crippen LogP contribution in [0.3, 0.4) is 0 Å². The molecule has 2 heterocycles. The van der Waals surface area contributed by atoms with Crippen molar-refractivity contribution in [3.8, 4) is 11.5 Å². The normalized spacial score (nSPS) is 17.3. The van der Waals surface area contributed by atoms with Crippen molar-refractivity contribution in [2.45, 2.75) is 90.9 Å². The van der Waals surface area contributed by atoms with Crippen LogP contribution < -0.4 is 9.47 Å². The maximum Gasteiger partial charge on any atom is 0.167 e. The Balaban J connectivity index is 0.00000368. The highest BCUT2D eigenvalue weighted by Crippen LogP contribution is 2.25. The lowest BCUT2D eigenvalue weighted by molar-refractivity contribution is 0.0848. The van der Waals surface area contributed by atoms with E-state index in [1.54, 1.807) is 0 Å². The number of nitrogens with zero attached hydrogens (tertiary/aromatic N) is 2. The minimum absolute atomic E-state index is 0. The first-order valence-electron chi connectivity index (χ1n) is 17.6. The van der Waals surface area contributed by atoms with Crippen molar-refractivity contribution in [2.75, 3.05) is 52.5 Å². The lowest BCUT2D eigenvalue weighted by Gasteiger charge is -2.27. The molecule has 46 heavy (non-hydrogen) atoms. The number of ether oxygens (including phenoxy) is 2. The van der Waals surface area contributed by atoms with Gasteiger partial charge in [-0.15, -0.1) is 24.8 Å². The summed E-state index contributed by atoms with van der Waals surface area (Å²) < 4.78 is 11.2. The van der Waals surface area contributed by atoms with Crippen LogP contribution in [0.25, 0.3) is 0 Å². The van der Waals surface area contributed by atoms with Gasteiger partial charge < -0.3 is 19.3 Å². The highest BCUT2D eigenvalue weighted by atomic mass is 35.5. The third kappa shape index (κ3) is 13.2. The lowest BCUT2D eigenvalue weighted by Crippen LogP contribution is -2.35. The van der Waals surface area contributed by atoms with E-state index in [-0.39, 0.29) is 48.2 Å². The van der Waals surface area contributed by atoms with Crippen LogP contribution in [0.2, 0.25) is 0 Å². The first-order valence-corrected chi connectivity index (χ1v) is 17.6. The minimum Gasteiger partial charge on any atom is -0.494 e. The Bertz CT molecular complexity index is 1020. The molecule has 0 N–H and O–H groups in total. The summed E-state index contributed by atoms with van der Waals surface area (Å²) in [6.45, 7) is 11.2. The van der Waals surface area contributed by atoms with Crippen molar-refractivity contribution in [1.29, 1.82) is 0 Å². The summed E-state index contributed by atoms with van der Waals surface area (Å²) in [4.78, 5) is 32.7. The van der Waals surface area contributed by atoms with Gasteiger partial charge in [-0.3, -0.25) is 9.59 Å². The Morgan fingerprint density at radius 2 is 0.891 bits per heavy atom. The first kappa shape index (κ1) is 40.1. The monoisotopic (exact) mass is 676 g/mol. The number of benzene rings is 2. The van der Waals surface area contributed by atoms with Gasteiger partial charge in [-0.25, -0.2) is 0 Å².